The summed E-state index contributed by atoms with van der Waals surface area (Å²) in [6.45, 7) is 4.27. The summed E-state index contributed by atoms with van der Waals surface area (Å²) in [5, 5.41) is 3.16. The van der Waals surface area contributed by atoms with Gasteiger partial charge in [0.2, 0.25) is 0 Å². The number of hydrogen-bond donors (Lipinski definition) is 1. The molecular weight excluding hydrogens is 160 g/mol. The van der Waals surface area contributed by atoms with Gasteiger partial charge < -0.3 is 5.32 Å². The second-order valence-corrected chi connectivity index (χ2v) is 3.84. The highest BCUT2D eigenvalue weighted by atomic mass is 15.1. The minimum Gasteiger partial charge on any atom is -0.320 e. The second-order valence-electron chi connectivity index (χ2n) is 3.84. The molecule has 1 rings (SSSR count). The first-order chi connectivity index (χ1) is 6.36. The zero-order valence-electron chi connectivity index (χ0n) is 8.55. The van der Waals surface area contributed by atoms with Crippen molar-refractivity contribution >= 4 is 0 Å². The van der Waals surface area contributed by atoms with Gasteiger partial charge in [-0.2, -0.15) is 0 Å². The molecule has 0 saturated heterocycles. The molecular formula is C11H20N2. The minimum absolute atomic E-state index is 0.820. The Kier molecular flexibility index (Phi) is 4.88. The van der Waals surface area contributed by atoms with Crippen molar-refractivity contribution in [1.29, 1.82) is 0 Å². The molecule has 1 fully saturated rings. The van der Waals surface area contributed by atoms with Gasteiger partial charge in [-0.1, -0.05) is 5.92 Å². The van der Waals surface area contributed by atoms with Crippen LogP contribution in [0.1, 0.15) is 19.3 Å². The lowest BCUT2D eigenvalue weighted by atomic mass is 10.3. The Morgan fingerprint density at radius 3 is 2.85 bits per heavy atom. The maximum Gasteiger partial charge on any atom is 0.0599 e. The molecule has 0 aliphatic heterocycles. The van der Waals surface area contributed by atoms with E-state index in [2.05, 4.69) is 16.1 Å². The highest BCUT2D eigenvalue weighted by molar-refractivity contribution is 4.90. The predicted molar refractivity (Wildman–Crippen MR) is 56.5 cm³/mol. The van der Waals surface area contributed by atoms with Crippen molar-refractivity contribution in [3.63, 3.8) is 0 Å². The van der Waals surface area contributed by atoms with Gasteiger partial charge in [-0.3, -0.25) is 4.90 Å². The minimum atomic E-state index is 0.820. The van der Waals surface area contributed by atoms with Crippen LogP contribution in [0.25, 0.3) is 0 Å². The summed E-state index contributed by atoms with van der Waals surface area (Å²) in [4.78, 5) is 2.40. The number of nitrogens with zero attached hydrogens (tertiary/aromatic N) is 1. The van der Waals surface area contributed by atoms with Crippen LogP contribution in [0.5, 0.6) is 0 Å². The third kappa shape index (κ3) is 4.92. The van der Waals surface area contributed by atoms with E-state index in [1.165, 1.54) is 25.8 Å². The van der Waals surface area contributed by atoms with Gasteiger partial charge in [0, 0.05) is 13.1 Å². The molecule has 2 nitrogen and oxygen atoms in total. The van der Waals surface area contributed by atoms with E-state index in [9.17, 15) is 0 Å². The van der Waals surface area contributed by atoms with Crippen LogP contribution >= 0.6 is 0 Å². The van der Waals surface area contributed by atoms with Gasteiger partial charge in [-0.25, -0.2) is 0 Å². The molecule has 0 aromatic rings. The van der Waals surface area contributed by atoms with Crippen molar-refractivity contribution in [2.24, 2.45) is 5.92 Å². The van der Waals surface area contributed by atoms with E-state index in [0.29, 0.717) is 0 Å². The fraction of sp³-hybridized carbons (Fsp3) is 0.818. The van der Waals surface area contributed by atoms with Crippen molar-refractivity contribution < 1.29 is 0 Å². The zero-order chi connectivity index (χ0) is 9.52. The predicted octanol–water partition coefficient (Wildman–Crippen LogP) is 0.941. The third-order valence-corrected chi connectivity index (χ3v) is 2.43. The smallest absolute Gasteiger partial charge is 0.0599 e. The molecule has 1 N–H and O–H groups in total. The number of hydrogen-bond acceptors (Lipinski definition) is 2. The standard InChI is InChI=1S/C11H20N2/c1-3-8-13(9-4-7-12-2)10-11-5-6-11/h1,11-12H,4-10H2,2H3. The SMILES string of the molecule is C#CCN(CCCNC)CC1CC1. The summed E-state index contributed by atoms with van der Waals surface area (Å²) < 4.78 is 0. The van der Waals surface area contributed by atoms with Crippen LogP contribution in [0.2, 0.25) is 0 Å². The number of terminal acetylenes is 1. The zero-order valence-corrected chi connectivity index (χ0v) is 8.55. The highest BCUT2D eigenvalue weighted by Crippen LogP contribution is 2.29. The van der Waals surface area contributed by atoms with Crippen LogP contribution in [-0.2, 0) is 0 Å². The lowest BCUT2D eigenvalue weighted by Crippen LogP contribution is -2.29. The maximum atomic E-state index is 5.32. The lowest BCUT2D eigenvalue weighted by molar-refractivity contribution is 0.290. The van der Waals surface area contributed by atoms with Gasteiger partial charge >= 0.3 is 0 Å². The van der Waals surface area contributed by atoms with Crippen LogP contribution in [0, 0.1) is 18.3 Å². The summed E-state index contributed by atoms with van der Waals surface area (Å²) in [6.07, 6.45) is 9.34. The van der Waals surface area contributed by atoms with Crippen LogP contribution < -0.4 is 5.32 Å². The molecule has 0 aromatic carbocycles. The first-order valence-electron chi connectivity index (χ1n) is 5.17. The average Bonchev–Trinajstić information content (AvgIpc) is 2.89. The van der Waals surface area contributed by atoms with Crippen LogP contribution in [0.4, 0.5) is 0 Å². The van der Waals surface area contributed by atoms with E-state index in [0.717, 1.165) is 25.6 Å². The molecule has 13 heavy (non-hydrogen) atoms. The lowest BCUT2D eigenvalue weighted by Gasteiger charge is -2.19. The summed E-state index contributed by atoms with van der Waals surface area (Å²) in [7, 11) is 1.99. The Morgan fingerprint density at radius 1 is 1.54 bits per heavy atom. The Hall–Kier alpha value is -0.520. The summed E-state index contributed by atoms with van der Waals surface area (Å²) in [6, 6.07) is 0. The van der Waals surface area contributed by atoms with Gasteiger partial charge in [0.15, 0.2) is 0 Å². The second kappa shape index (κ2) is 6.01. The third-order valence-electron chi connectivity index (χ3n) is 2.43. The van der Waals surface area contributed by atoms with Gasteiger partial charge in [0.05, 0.1) is 6.54 Å². The van der Waals surface area contributed by atoms with Crippen molar-refractivity contribution in [1.82, 2.24) is 10.2 Å². The van der Waals surface area contributed by atoms with E-state index in [1.807, 2.05) is 7.05 Å². The molecule has 74 valence electrons. The Labute approximate surface area is 81.7 Å². The summed E-state index contributed by atoms with van der Waals surface area (Å²) in [5.41, 5.74) is 0. The topological polar surface area (TPSA) is 15.3 Å². The maximum absolute atomic E-state index is 5.32. The molecule has 0 heterocycles. The summed E-state index contributed by atoms with van der Waals surface area (Å²) in [5.74, 6) is 3.68. The van der Waals surface area contributed by atoms with E-state index in [1.54, 1.807) is 0 Å². The molecule has 1 saturated carbocycles. The van der Waals surface area contributed by atoms with Crippen LogP contribution in [-0.4, -0.2) is 38.1 Å². The van der Waals surface area contributed by atoms with Crippen molar-refractivity contribution in [2.45, 2.75) is 19.3 Å². The van der Waals surface area contributed by atoms with Gasteiger partial charge in [0.25, 0.3) is 0 Å². The van der Waals surface area contributed by atoms with Gasteiger partial charge in [-0.15, -0.1) is 6.42 Å². The molecule has 0 spiro atoms. The largest absolute Gasteiger partial charge is 0.320 e. The quantitative estimate of drug-likeness (QED) is 0.463. The first kappa shape index (κ1) is 10.6. The first-order valence-corrected chi connectivity index (χ1v) is 5.17. The van der Waals surface area contributed by atoms with E-state index >= 15 is 0 Å². The number of nitrogens with one attached hydrogen (secondary N) is 1. The van der Waals surface area contributed by atoms with Gasteiger partial charge in [-0.05, 0) is 38.8 Å². The fourth-order valence-electron chi connectivity index (χ4n) is 1.51. The normalized spacial score (nSPS) is 16.1. The highest BCUT2D eigenvalue weighted by Gasteiger charge is 2.23. The van der Waals surface area contributed by atoms with E-state index < -0.39 is 0 Å². The van der Waals surface area contributed by atoms with Crippen molar-refractivity contribution in [3.05, 3.63) is 0 Å². The molecule has 1 aliphatic rings. The summed E-state index contributed by atoms with van der Waals surface area (Å²) >= 11 is 0. The molecule has 1 aliphatic carbocycles. The Bertz CT molecular complexity index is 167. The molecule has 2 heteroatoms. The van der Waals surface area contributed by atoms with E-state index in [-0.39, 0.29) is 0 Å². The van der Waals surface area contributed by atoms with Gasteiger partial charge in [0.1, 0.15) is 0 Å². The Balaban J connectivity index is 2.09. The fourth-order valence-corrected chi connectivity index (χ4v) is 1.51. The molecule has 0 radical (unpaired) electrons. The molecule has 0 amide bonds. The van der Waals surface area contributed by atoms with Crippen molar-refractivity contribution in [2.75, 3.05) is 33.2 Å². The van der Waals surface area contributed by atoms with Crippen molar-refractivity contribution in [3.8, 4) is 12.3 Å². The molecule has 0 aromatic heterocycles. The monoisotopic (exact) mass is 180 g/mol. The number of rotatable bonds is 7. The average molecular weight is 180 g/mol. The van der Waals surface area contributed by atoms with E-state index in [4.69, 9.17) is 6.42 Å². The molecule has 0 atom stereocenters. The van der Waals surface area contributed by atoms with Crippen LogP contribution in [0.15, 0.2) is 0 Å². The molecule has 0 bridgehead atoms. The van der Waals surface area contributed by atoms with Crippen LogP contribution in [0.3, 0.4) is 0 Å². The Morgan fingerprint density at radius 2 is 2.31 bits per heavy atom. The molecule has 0 unspecified atom stereocenters.